The molecule has 43 heavy (non-hydrogen) atoms. The van der Waals surface area contributed by atoms with Crippen molar-refractivity contribution in [3.8, 4) is 0 Å². The summed E-state index contributed by atoms with van der Waals surface area (Å²) in [5.74, 6) is -6.16. The molecule has 242 valence electrons. The normalized spacial score (nSPS) is 18.7. The van der Waals surface area contributed by atoms with Crippen LogP contribution in [0.1, 0.15) is 30.1 Å². The molecule has 0 saturated carbocycles. The van der Waals surface area contributed by atoms with Crippen LogP contribution in [0.5, 0.6) is 0 Å². The van der Waals surface area contributed by atoms with Gasteiger partial charge in [-0.3, -0.25) is 14.8 Å². The summed E-state index contributed by atoms with van der Waals surface area (Å²) in [6, 6.07) is 11.7. The van der Waals surface area contributed by atoms with Crippen molar-refractivity contribution in [1.82, 2.24) is 14.8 Å². The number of carboxylic acids is 3. The minimum atomic E-state index is -5.08. The molecule has 0 amide bonds. The van der Waals surface area contributed by atoms with Crippen LogP contribution < -0.4 is 0 Å². The Morgan fingerprint density at radius 3 is 1.51 bits per heavy atom. The molecular weight excluding hydrogens is 613 g/mol. The molecule has 2 aliphatic rings. The highest BCUT2D eigenvalue weighted by atomic mass is 19.4. The number of aliphatic carboxylic acids is 3. The van der Waals surface area contributed by atoms with Gasteiger partial charge in [0.2, 0.25) is 0 Å². The molecule has 0 spiro atoms. The zero-order chi connectivity index (χ0) is 33.2. The van der Waals surface area contributed by atoms with Gasteiger partial charge < -0.3 is 19.7 Å². The monoisotopic (exact) mass is 639 g/mol. The standard InChI is InChI=1S/C18H23N3O.3C2HF3O2/c1-14-5-6-16(22-14)13-21-11-8-17-18(21)7-10-20(17)12-15-4-2-3-9-19-15;3*3-2(4,5)1(6)7/h2-6,9,17-18H,7-8,10-13H2,1H3;3*(H,6,7)/t17-,18+;;;/m1.../s1. The van der Waals surface area contributed by atoms with Crippen LogP contribution in [0.15, 0.2) is 40.9 Å². The van der Waals surface area contributed by atoms with Crippen molar-refractivity contribution in [2.45, 2.75) is 63.5 Å². The van der Waals surface area contributed by atoms with Gasteiger partial charge in [-0.15, -0.1) is 0 Å². The number of hydrogen-bond donors (Lipinski definition) is 3. The van der Waals surface area contributed by atoms with Crippen molar-refractivity contribution in [2.75, 3.05) is 13.1 Å². The second kappa shape index (κ2) is 15.6. The molecule has 2 saturated heterocycles. The number of nitrogens with zero attached hydrogens (tertiary/aromatic N) is 3. The van der Waals surface area contributed by atoms with Gasteiger partial charge in [0.1, 0.15) is 11.5 Å². The fraction of sp³-hybridized carbons (Fsp3) is 0.500. The fourth-order valence-corrected chi connectivity index (χ4v) is 4.03. The van der Waals surface area contributed by atoms with Crippen LogP contribution >= 0.6 is 0 Å². The smallest absolute Gasteiger partial charge is 0.475 e. The highest BCUT2D eigenvalue weighted by Crippen LogP contribution is 2.33. The molecule has 0 unspecified atom stereocenters. The molecular formula is C24H26F9N3O7. The molecule has 19 heteroatoms. The molecule has 2 aliphatic heterocycles. The second-order valence-electron chi connectivity index (χ2n) is 8.90. The molecule has 0 bridgehead atoms. The number of aromatic nitrogens is 1. The van der Waals surface area contributed by atoms with Gasteiger partial charge in [-0.05, 0) is 44.0 Å². The van der Waals surface area contributed by atoms with Crippen molar-refractivity contribution in [3.63, 3.8) is 0 Å². The fourth-order valence-electron chi connectivity index (χ4n) is 4.03. The van der Waals surface area contributed by atoms with E-state index in [1.807, 2.05) is 19.2 Å². The Labute approximate surface area is 237 Å². The van der Waals surface area contributed by atoms with Crippen LogP contribution in [0.25, 0.3) is 0 Å². The maximum absolute atomic E-state index is 10.6. The molecule has 4 rings (SSSR count). The van der Waals surface area contributed by atoms with Crippen LogP contribution in [0.4, 0.5) is 39.5 Å². The molecule has 2 fully saturated rings. The summed E-state index contributed by atoms with van der Waals surface area (Å²) in [5, 5.41) is 21.4. The Balaban J connectivity index is 0.000000363. The van der Waals surface area contributed by atoms with E-state index in [9.17, 15) is 39.5 Å². The van der Waals surface area contributed by atoms with Crippen LogP contribution in [0, 0.1) is 6.92 Å². The van der Waals surface area contributed by atoms with E-state index in [1.54, 1.807) is 0 Å². The quantitative estimate of drug-likeness (QED) is 0.402. The van der Waals surface area contributed by atoms with E-state index in [2.05, 4.69) is 39.0 Å². The maximum atomic E-state index is 10.6. The molecule has 2 aromatic heterocycles. The number of hydrogen-bond acceptors (Lipinski definition) is 7. The number of fused-ring (bicyclic) bond motifs is 1. The lowest BCUT2D eigenvalue weighted by Crippen LogP contribution is -2.36. The molecule has 4 heterocycles. The number of pyridine rings is 1. The van der Waals surface area contributed by atoms with Gasteiger partial charge in [0.05, 0.1) is 12.2 Å². The topological polar surface area (TPSA) is 144 Å². The summed E-state index contributed by atoms with van der Waals surface area (Å²) in [5.41, 5.74) is 1.18. The van der Waals surface area contributed by atoms with E-state index in [0.29, 0.717) is 12.1 Å². The Hall–Kier alpha value is -3.87. The number of halogens is 9. The number of rotatable bonds is 4. The number of aryl methyl sites for hydroxylation is 1. The highest BCUT2D eigenvalue weighted by molar-refractivity contribution is 5.73. The number of carbonyl (C=O) groups is 3. The summed E-state index contributed by atoms with van der Waals surface area (Å²) in [7, 11) is 0. The molecule has 10 nitrogen and oxygen atoms in total. The first-order valence-electron chi connectivity index (χ1n) is 12.0. The lowest BCUT2D eigenvalue weighted by Gasteiger charge is -2.25. The van der Waals surface area contributed by atoms with Crippen LogP contribution in [-0.2, 0) is 27.5 Å². The zero-order valence-electron chi connectivity index (χ0n) is 22.1. The average Bonchev–Trinajstić information content (AvgIpc) is 3.58. The summed E-state index contributed by atoms with van der Waals surface area (Å²) < 4.78 is 101. The average molecular weight is 639 g/mol. The third-order valence-electron chi connectivity index (χ3n) is 5.78. The van der Waals surface area contributed by atoms with Gasteiger partial charge >= 0.3 is 36.4 Å². The number of furan rings is 1. The largest absolute Gasteiger partial charge is 0.490 e. The van der Waals surface area contributed by atoms with E-state index in [1.165, 1.54) is 31.6 Å². The minimum absolute atomic E-state index is 0.675. The summed E-state index contributed by atoms with van der Waals surface area (Å²) in [4.78, 5) is 36.4. The van der Waals surface area contributed by atoms with Crippen molar-refractivity contribution >= 4 is 17.9 Å². The molecule has 3 N–H and O–H groups in total. The first-order valence-corrected chi connectivity index (χ1v) is 12.0. The third-order valence-corrected chi connectivity index (χ3v) is 5.78. The Morgan fingerprint density at radius 2 is 1.19 bits per heavy atom. The SMILES string of the molecule is Cc1ccc(CN2CC[C@@H]3[C@@H]2CCN3Cc2ccccn2)o1.O=C(O)C(F)(F)F.O=C(O)C(F)(F)F.O=C(O)C(F)(F)F. The summed E-state index contributed by atoms with van der Waals surface area (Å²) in [6.07, 6.45) is -10.8. The van der Waals surface area contributed by atoms with E-state index < -0.39 is 36.4 Å². The van der Waals surface area contributed by atoms with Crippen molar-refractivity contribution in [1.29, 1.82) is 0 Å². The lowest BCUT2D eigenvalue weighted by molar-refractivity contribution is -0.193. The lowest BCUT2D eigenvalue weighted by atomic mass is 10.1. The van der Waals surface area contributed by atoms with Crippen molar-refractivity contribution in [2.24, 2.45) is 0 Å². The van der Waals surface area contributed by atoms with Gasteiger partial charge in [0, 0.05) is 37.9 Å². The minimum Gasteiger partial charge on any atom is -0.475 e. The predicted molar refractivity (Wildman–Crippen MR) is 126 cm³/mol. The third kappa shape index (κ3) is 13.3. The number of likely N-dealkylation sites (tertiary alicyclic amines) is 2. The van der Waals surface area contributed by atoms with E-state index in [0.717, 1.165) is 24.6 Å². The first kappa shape index (κ1) is 37.2. The first-order chi connectivity index (χ1) is 19.6. The van der Waals surface area contributed by atoms with E-state index in [-0.39, 0.29) is 0 Å². The maximum Gasteiger partial charge on any atom is 0.490 e. The van der Waals surface area contributed by atoms with Gasteiger partial charge in [-0.2, -0.15) is 39.5 Å². The second-order valence-corrected chi connectivity index (χ2v) is 8.90. The van der Waals surface area contributed by atoms with Gasteiger partial charge in [-0.25, -0.2) is 14.4 Å². The Kier molecular flexibility index (Phi) is 13.4. The van der Waals surface area contributed by atoms with Crippen LogP contribution in [0.3, 0.4) is 0 Å². The molecule has 0 radical (unpaired) electrons. The predicted octanol–water partition coefficient (Wildman–Crippen LogP) is 4.73. The zero-order valence-corrected chi connectivity index (χ0v) is 22.1. The Morgan fingerprint density at radius 1 is 0.767 bits per heavy atom. The molecule has 2 atom stereocenters. The van der Waals surface area contributed by atoms with Gasteiger partial charge in [-0.1, -0.05) is 6.07 Å². The van der Waals surface area contributed by atoms with E-state index >= 15 is 0 Å². The summed E-state index contributed by atoms with van der Waals surface area (Å²) in [6.45, 7) is 6.30. The number of alkyl halides is 9. The van der Waals surface area contributed by atoms with Gasteiger partial charge in [0.15, 0.2) is 0 Å². The van der Waals surface area contributed by atoms with Crippen LogP contribution in [-0.4, -0.2) is 91.7 Å². The van der Waals surface area contributed by atoms with E-state index in [4.69, 9.17) is 34.1 Å². The molecule has 0 aliphatic carbocycles. The molecule has 0 aromatic carbocycles. The summed E-state index contributed by atoms with van der Waals surface area (Å²) >= 11 is 0. The van der Waals surface area contributed by atoms with Crippen LogP contribution in [0.2, 0.25) is 0 Å². The van der Waals surface area contributed by atoms with Crippen molar-refractivity contribution in [3.05, 3.63) is 53.7 Å². The Bertz CT molecular complexity index is 1130. The molecule has 2 aromatic rings. The number of carboxylic acid groups (broad SMARTS) is 3. The van der Waals surface area contributed by atoms with Gasteiger partial charge in [0.25, 0.3) is 0 Å². The van der Waals surface area contributed by atoms with Crippen molar-refractivity contribution < 1.29 is 73.6 Å². The highest BCUT2D eigenvalue weighted by Gasteiger charge is 2.42.